The average Bonchev–Trinajstić information content (AvgIpc) is 2.95. The molecule has 2 aromatic carbocycles. The summed E-state index contributed by atoms with van der Waals surface area (Å²) in [4.78, 5) is 59.6. The zero-order chi connectivity index (χ0) is 21.1. The van der Waals surface area contributed by atoms with E-state index in [1.54, 1.807) is 12.1 Å². The lowest BCUT2D eigenvalue weighted by Gasteiger charge is -2.13. The van der Waals surface area contributed by atoms with E-state index in [0.717, 1.165) is 17.0 Å². The Balaban J connectivity index is 1.65. The molecule has 0 aromatic heterocycles. The van der Waals surface area contributed by atoms with Crippen LogP contribution >= 0.6 is 0 Å². The third-order valence-corrected chi connectivity index (χ3v) is 4.29. The lowest BCUT2D eigenvalue weighted by molar-refractivity contribution is -0.384. The fourth-order valence-electron chi connectivity index (χ4n) is 2.87. The van der Waals surface area contributed by atoms with Crippen LogP contribution in [-0.4, -0.2) is 47.2 Å². The number of non-ortho nitro benzene ring substituents is 1. The topological polar surface area (TPSA) is 136 Å². The number of carbonyl (C=O) groups is 4. The predicted molar refractivity (Wildman–Crippen MR) is 99.5 cm³/mol. The number of nitro benzene ring substituents is 1. The van der Waals surface area contributed by atoms with Crippen molar-refractivity contribution in [2.75, 3.05) is 19.0 Å². The van der Waals surface area contributed by atoms with E-state index in [1.165, 1.54) is 25.3 Å². The largest absolute Gasteiger partial charge is 0.465 e. The maximum absolute atomic E-state index is 12.4. The van der Waals surface area contributed by atoms with E-state index in [1.807, 2.05) is 0 Å². The Morgan fingerprint density at radius 2 is 1.83 bits per heavy atom. The molecule has 2 aromatic rings. The van der Waals surface area contributed by atoms with Gasteiger partial charge >= 0.3 is 5.97 Å². The minimum absolute atomic E-state index is 0.0598. The molecule has 0 unspecified atom stereocenters. The van der Waals surface area contributed by atoms with Crippen LogP contribution in [0.2, 0.25) is 0 Å². The number of imide groups is 1. The van der Waals surface area contributed by atoms with Gasteiger partial charge in [-0.15, -0.1) is 0 Å². The van der Waals surface area contributed by atoms with Crippen LogP contribution in [-0.2, 0) is 9.53 Å². The van der Waals surface area contributed by atoms with Crippen LogP contribution in [0.15, 0.2) is 42.5 Å². The third kappa shape index (κ3) is 3.95. The summed E-state index contributed by atoms with van der Waals surface area (Å²) in [5.41, 5.74) is 0.320. The molecule has 0 aliphatic carbocycles. The van der Waals surface area contributed by atoms with Crippen molar-refractivity contribution >= 4 is 35.1 Å². The second-order valence-corrected chi connectivity index (χ2v) is 6.12. The number of benzene rings is 2. The summed E-state index contributed by atoms with van der Waals surface area (Å²) in [6.45, 7) is -0.192. The molecule has 0 saturated carbocycles. The molecule has 0 saturated heterocycles. The molecular formula is C19H15N3O7. The number of methoxy groups -OCH3 is 1. The monoisotopic (exact) mass is 397 g/mol. The summed E-state index contributed by atoms with van der Waals surface area (Å²) in [6, 6.07) is 9.53. The Kier molecular flexibility index (Phi) is 5.35. The normalized spacial score (nSPS) is 12.5. The van der Waals surface area contributed by atoms with Gasteiger partial charge in [-0.2, -0.15) is 0 Å². The predicted octanol–water partition coefficient (Wildman–Crippen LogP) is 2.01. The molecule has 3 rings (SSSR count). The van der Waals surface area contributed by atoms with Gasteiger partial charge in [0.15, 0.2) is 0 Å². The fourth-order valence-corrected chi connectivity index (χ4v) is 2.87. The number of rotatable bonds is 6. The van der Waals surface area contributed by atoms with E-state index in [-0.39, 0.29) is 35.3 Å². The fraction of sp³-hybridized carbons (Fsp3) is 0.158. The van der Waals surface area contributed by atoms with Gasteiger partial charge < -0.3 is 10.1 Å². The van der Waals surface area contributed by atoms with Crippen LogP contribution in [0.1, 0.15) is 37.5 Å². The molecule has 3 amide bonds. The third-order valence-electron chi connectivity index (χ3n) is 4.29. The number of nitrogens with zero attached hydrogens (tertiary/aromatic N) is 2. The second-order valence-electron chi connectivity index (χ2n) is 6.12. The second kappa shape index (κ2) is 7.89. The van der Waals surface area contributed by atoms with Crippen molar-refractivity contribution in [2.45, 2.75) is 6.42 Å². The molecule has 148 valence electrons. The van der Waals surface area contributed by atoms with E-state index in [2.05, 4.69) is 10.1 Å². The van der Waals surface area contributed by atoms with E-state index < -0.39 is 28.6 Å². The van der Waals surface area contributed by atoms with E-state index in [4.69, 9.17) is 0 Å². The van der Waals surface area contributed by atoms with Crippen LogP contribution in [0.5, 0.6) is 0 Å². The summed E-state index contributed by atoms with van der Waals surface area (Å²) < 4.78 is 4.61. The van der Waals surface area contributed by atoms with Gasteiger partial charge in [0.05, 0.1) is 28.7 Å². The number of nitrogens with one attached hydrogen (secondary N) is 1. The van der Waals surface area contributed by atoms with Gasteiger partial charge in [0.1, 0.15) is 0 Å². The maximum atomic E-state index is 12.4. The van der Waals surface area contributed by atoms with Gasteiger partial charge in [-0.3, -0.25) is 29.4 Å². The lowest BCUT2D eigenvalue weighted by atomic mass is 10.1. The smallest absolute Gasteiger partial charge is 0.337 e. The summed E-state index contributed by atoms with van der Waals surface area (Å²) in [7, 11) is 1.24. The quantitative estimate of drug-likeness (QED) is 0.341. The number of nitro groups is 1. The highest BCUT2D eigenvalue weighted by molar-refractivity contribution is 6.21. The van der Waals surface area contributed by atoms with E-state index in [0.29, 0.717) is 5.69 Å². The van der Waals surface area contributed by atoms with Crippen molar-refractivity contribution in [3.8, 4) is 0 Å². The van der Waals surface area contributed by atoms with Crippen LogP contribution < -0.4 is 5.32 Å². The average molecular weight is 397 g/mol. The molecule has 1 aliphatic rings. The van der Waals surface area contributed by atoms with Gasteiger partial charge in [0, 0.05) is 30.8 Å². The Morgan fingerprint density at radius 1 is 1.10 bits per heavy atom. The molecule has 0 fully saturated rings. The van der Waals surface area contributed by atoms with Gasteiger partial charge in [0.25, 0.3) is 17.5 Å². The molecule has 0 spiro atoms. The van der Waals surface area contributed by atoms with Crippen molar-refractivity contribution in [3.63, 3.8) is 0 Å². The van der Waals surface area contributed by atoms with Crippen molar-refractivity contribution < 1.29 is 28.8 Å². The van der Waals surface area contributed by atoms with E-state index in [9.17, 15) is 29.3 Å². The minimum Gasteiger partial charge on any atom is -0.465 e. The summed E-state index contributed by atoms with van der Waals surface area (Å²) in [5, 5.41) is 13.4. The molecule has 1 aliphatic heterocycles. The highest BCUT2D eigenvalue weighted by Gasteiger charge is 2.36. The first kappa shape index (κ1) is 19.7. The first-order valence-corrected chi connectivity index (χ1v) is 8.44. The van der Waals surface area contributed by atoms with Crippen LogP contribution in [0.25, 0.3) is 0 Å². The molecular weight excluding hydrogens is 382 g/mol. The number of amides is 3. The van der Waals surface area contributed by atoms with Gasteiger partial charge in [0.2, 0.25) is 5.91 Å². The first-order chi connectivity index (χ1) is 13.8. The number of hydrogen-bond acceptors (Lipinski definition) is 7. The molecule has 1 N–H and O–H groups in total. The molecule has 10 heteroatoms. The number of carbonyl (C=O) groups excluding carboxylic acids is 4. The van der Waals surface area contributed by atoms with Crippen LogP contribution in [0.3, 0.4) is 0 Å². The number of fused-ring (bicyclic) bond motifs is 1. The minimum atomic E-state index is -0.686. The lowest BCUT2D eigenvalue weighted by Crippen LogP contribution is -2.32. The highest BCUT2D eigenvalue weighted by Crippen LogP contribution is 2.27. The summed E-state index contributed by atoms with van der Waals surface area (Å²) in [5.74, 6) is -2.33. The maximum Gasteiger partial charge on any atom is 0.337 e. The standard InChI is InChI=1S/C19H15N3O7/c1-29-19(26)11-3-2-4-12(9-11)20-16(23)7-8-21-17(24)14-6-5-13(22(27)28)10-15(14)18(21)25/h2-6,9-10H,7-8H2,1H3,(H,20,23). The summed E-state index contributed by atoms with van der Waals surface area (Å²) in [6.07, 6.45) is -0.185. The highest BCUT2D eigenvalue weighted by atomic mass is 16.6. The van der Waals surface area contributed by atoms with Gasteiger partial charge in [-0.05, 0) is 24.3 Å². The number of hydrogen-bond donors (Lipinski definition) is 1. The molecule has 29 heavy (non-hydrogen) atoms. The molecule has 0 atom stereocenters. The zero-order valence-corrected chi connectivity index (χ0v) is 15.2. The summed E-state index contributed by atoms with van der Waals surface area (Å²) >= 11 is 0. The van der Waals surface area contributed by atoms with Gasteiger partial charge in [-0.25, -0.2) is 4.79 Å². The number of esters is 1. The molecule has 0 bridgehead atoms. The SMILES string of the molecule is COC(=O)c1cccc(NC(=O)CCN2C(=O)c3ccc([N+](=O)[O-])cc3C2=O)c1. The van der Waals surface area contributed by atoms with Crippen LogP contribution in [0, 0.1) is 10.1 Å². The molecule has 1 heterocycles. The Hall–Kier alpha value is -4.08. The Labute approximate surface area is 164 Å². The molecule has 0 radical (unpaired) electrons. The van der Waals surface area contributed by atoms with Gasteiger partial charge in [-0.1, -0.05) is 6.07 Å². The van der Waals surface area contributed by atoms with E-state index >= 15 is 0 Å². The van der Waals surface area contributed by atoms with Crippen LogP contribution in [0.4, 0.5) is 11.4 Å². The van der Waals surface area contributed by atoms with Crippen molar-refractivity contribution in [3.05, 3.63) is 69.3 Å². The Morgan fingerprint density at radius 3 is 2.52 bits per heavy atom. The zero-order valence-electron chi connectivity index (χ0n) is 15.2. The van der Waals surface area contributed by atoms with Crippen molar-refractivity contribution in [1.29, 1.82) is 0 Å². The number of ether oxygens (including phenoxy) is 1. The number of anilines is 1. The van der Waals surface area contributed by atoms with Crippen molar-refractivity contribution in [2.24, 2.45) is 0 Å². The Bertz CT molecular complexity index is 1050. The van der Waals surface area contributed by atoms with Crippen molar-refractivity contribution in [1.82, 2.24) is 4.90 Å². The molecule has 10 nitrogen and oxygen atoms in total. The first-order valence-electron chi connectivity index (χ1n) is 8.44.